The Labute approximate surface area is 92.1 Å². The van der Waals surface area contributed by atoms with Gasteiger partial charge in [-0.3, -0.25) is 4.79 Å². The summed E-state index contributed by atoms with van der Waals surface area (Å²) in [5, 5.41) is 0.857. The van der Waals surface area contributed by atoms with Gasteiger partial charge in [-0.05, 0) is 30.2 Å². The van der Waals surface area contributed by atoms with Crippen LogP contribution in [0.4, 0.5) is 0 Å². The van der Waals surface area contributed by atoms with E-state index < -0.39 is 0 Å². The first kappa shape index (κ1) is 10.1. The molecular formula is C11H9ClN2O. The van der Waals surface area contributed by atoms with E-state index in [1.165, 1.54) is 6.92 Å². The molecule has 0 radical (unpaired) electrons. The maximum Gasteiger partial charge on any atom is 0.223 e. The van der Waals surface area contributed by atoms with E-state index in [2.05, 4.69) is 9.97 Å². The maximum atomic E-state index is 11.3. The Kier molecular flexibility index (Phi) is 2.40. The molecule has 2 aromatic rings. The third kappa shape index (κ3) is 1.83. The van der Waals surface area contributed by atoms with Crippen LogP contribution in [0.5, 0.6) is 0 Å². The lowest BCUT2D eigenvalue weighted by Crippen LogP contribution is -2.00. The van der Waals surface area contributed by atoms with Gasteiger partial charge in [-0.25, -0.2) is 9.97 Å². The van der Waals surface area contributed by atoms with Gasteiger partial charge < -0.3 is 0 Å². The fourth-order valence-corrected chi connectivity index (χ4v) is 1.66. The van der Waals surface area contributed by atoms with Crippen molar-refractivity contribution >= 4 is 28.3 Å². The van der Waals surface area contributed by atoms with Gasteiger partial charge in [-0.1, -0.05) is 12.1 Å². The molecule has 0 saturated carbocycles. The van der Waals surface area contributed by atoms with Crippen molar-refractivity contribution in [2.24, 2.45) is 0 Å². The molecule has 0 saturated heterocycles. The van der Waals surface area contributed by atoms with Crippen molar-refractivity contribution in [2.45, 2.75) is 13.8 Å². The van der Waals surface area contributed by atoms with Crippen LogP contribution in [0, 0.1) is 6.92 Å². The summed E-state index contributed by atoms with van der Waals surface area (Å²) in [5.74, 6) is -0.104. The fourth-order valence-electron chi connectivity index (χ4n) is 1.48. The first-order valence-electron chi connectivity index (χ1n) is 4.53. The Morgan fingerprint density at radius 1 is 1.33 bits per heavy atom. The van der Waals surface area contributed by atoms with Crippen molar-refractivity contribution in [1.82, 2.24) is 9.97 Å². The van der Waals surface area contributed by atoms with Gasteiger partial charge in [-0.2, -0.15) is 0 Å². The Morgan fingerprint density at radius 2 is 2.07 bits per heavy atom. The third-order valence-corrected chi connectivity index (χ3v) is 2.33. The highest BCUT2D eigenvalue weighted by atomic mass is 35.5. The molecule has 4 heteroatoms. The summed E-state index contributed by atoms with van der Waals surface area (Å²) in [7, 11) is 0. The second kappa shape index (κ2) is 3.59. The van der Waals surface area contributed by atoms with Crippen LogP contribution in [0.2, 0.25) is 5.28 Å². The Bertz CT molecular complexity index is 546. The normalized spacial score (nSPS) is 10.6. The van der Waals surface area contributed by atoms with Gasteiger partial charge in [0.05, 0.1) is 5.52 Å². The van der Waals surface area contributed by atoms with Gasteiger partial charge in [0.2, 0.25) is 5.28 Å². The highest BCUT2D eigenvalue weighted by Gasteiger charge is 2.10. The van der Waals surface area contributed by atoms with Crippen molar-refractivity contribution in [1.29, 1.82) is 0 Å². The second-order valence-electron chi connectivity index (χ2n) is 3.42. The summed E-state index contributed by atoms with van der Waals surface area (Å²) >= 11 is 5.75. The highest BCUT2D eigenvalue weighted by molar-refractivity contribution is 6.29. The topological polar surface area (TPSA) is 42.9 Å². The molecule has 2 rings (SSSR count). The molecule has 1 heterocycles. The minimum absolute atomic E-state index is 0.104. The number of hydrogen-bond donors (Lipinski definition) is 0. The Balaban J connectivity index is 2.86. The molecule has 0 aliphatic carbocycles. The monoisotopic (exact) mass is 220 g/mol. The number of hydrogen-bond acceptors (Lipinski definition) is 3. The molecule has 0 aliphatic rings. The minimum atomic E-state index is -0.104. The first-order chi connectivity index (χ1) is 7.08. The molecule has 0 fully saturated rings. The molecular weight excluding hydrogens is 212 g/mol. The molecule has 1 aromatic heterocycles. The summed E-state index contributed by atoms with van der Waals surface area (Å²) in [6.45, 7) is 3.43. The summed E-state index contributed by atoms with van der Waals surface area (Å²) in [5.41, 5.74) is 2.16. The second-order valence-corrected chi connectivity index (χ2v) is 3.76. The average Bonchev–Trinajstić information content (AvgIpc) is 2.15. The lowest BCUT2D eigenvalue weighted by molar-refractivity contribution is 0.101. The predicted molar refractivity (Wildman–Crippen MR) is 59.3 cm³/mol. The van der Waals surface area contributed by atoms with E-state index in [-0.39, 0.29) is 11.1 Å². The van der Waals surface area contributed by atoms with Gasteiger partial charge >= 0.3 is 0 Å². The van der Waals surface area contributed by atoms with Crippen molar-refractivity contribution < 1.29 is 4.79 Å². The maximum absolute atomic E-state index is 11.3. The van der Waals surface area contributed by atoms with Crippen molar-refractivity contribution in [2.75, 3.05) is 0 Å². The number of fused-ring (bicyclic) bond motifs is 1. The summed E-state index contributed by atoms with van der Waals surface area (Å²) in [6.07, 6.45) is 0. The van der Waals surface area contributed by atoms with Gasteiger partial charge in [0.25, 0.3) is 0 Å². The standard InChI is InChI=1S/C11H9ClN2O/c1-6-3-4-8-9(5-6)13-11(12)14-10(8)7(2)15/h3-5H,1-2H3. The molecule has 0 aliphatic heterocycles. The molecule has 0 bridgehead atoms. The number of rotatable bonds is 1. The quantitative estimate of drug-likeness (QED) is 0.548. The molecule has 76 valence electrons. The molecule has 0 atom stereocenters. The largest absolute Gasteiger partial charge is 0.293 e. The van der Waals surface area contributed by atoms with Gasteiger partial charge in [-0.15, -0.1) is 0 Å². The number of aromatic nitrogens is 2. The van der Waals surface area contributed by atoms with Gasteiger partial charge in [0, 0.05) is 12.3 Å². The SMILES string of the molecule is CC(=O)c1nc(Cl)nc2cc(C)ccc12. The minimum Gasteiger partial charge on any atom is -0.293 e. The smallest absolute Gasteiger partial charge is 0.223 e. The molecule has 1 aromatic carbocycles. The predicted octanol–water partition coefficient (Wildman–Crippen LogP) is 2.79. The van der Waals surface area contributed by atoms with Crippen molar-refractivity contribution in [3.05, 3.63) is 34.7 Å². The fraction of sp³-hybridized carbons (Fsp3) is 0.182. The van der Waals surface area contributed by atoms with Crippen molar-refractivity contribution in [3.63, 3.8) is 0 Å². The van der Waals surface area contributed by atoms with Crippen LogP contribution >= 0.6 is 11.6 Å². The number of nitrogens with zero attached hydrogens (tertiary/aromatic N) is 2. The number of benzene rings is 1. The number of ketones is 1. The molecule has 0 amide bonds. The lowest BCUT2D eigenvalue weighted by Gasteiger charge is -2.03. The zero-order chi connectivity index (χ0) is 11.0. The van der Waals surface area contributed by atoms with Crippen LogP contribution in [0.15, 0.2) is 18.2 Å². The van der Waals surface area contributed by atoms with Crippen LogP contribution in [-0.4, -0.2) is 15.8 Å². The average molecular weight is 221 g/mol. The third-order valence-electron chi connectivity index (χ3n) is 2.16. The van der Waals surface area contributed by atoms with E-state index in [1.807, 2.05) is 25.1 Å². The molecule has 0 spiro atoms. The summed E-state index contributed by atoms with van der Waals surface area (Å²) < 4.78 is 0. The summed E-state index contributed by atoms with van der Waals surface area (Å²) in [4.78, 5) is 19.4. The van der Waals surface area contributed by atoms with Gasteiger partial charge in [0.15, 0.2) is 5.78 Å². The Morgan fingerprint density at radius 3 is 2.73 bits per heavy atom. The molecule has 0 unspecified atom stereocenters. The number of carbonyl (C=O) groups is 1. The molecule has 0 N–H and O–H groups in total. The van der Waals surface area contributed by atoms with Crippen LogP contribution < -0.4 is 0 Å². The number of Topliss-reactive ketones (excluding diaryl/α,β-unsaturated/α-hetero) is 1. The summed E-state index contributed by atoms with van der Waals surface area (Å²) in [6, 6.07) is 5.65. The van der Waals surface area contributed by atoms with E-state index >= 15 is 0 Å². The zero-order valence-corrected chi connectivity index (χ0v) is 9.17. The number of halogens is 1. The van der Waals surface area contributed by atoms with Crippen LogP contribution in [-0.2, 0) is 0 Å². The van der Waals surface area contributed by atoms with Crippen LogP contribution in [0.1, 0.15) is 23.0 Å². The molecule has 15 heavy (non-hydrogen) atoms. The van der Waals surface area contributed by atoms with Gasteiger partial charge in [0.1, 0.15) is 5.69 Å². The van der Waals surface area contributed by atoms with Crippen LogP contribution in [0.3, 0.4) is 0 Å². The lowest BCUT2D eigenvalue weighted by atomic mass is 10.1. The van der Waals surface area contributed by atoms with Crippen LogP contribution in [0.25, 0.3) is 10.9 Å². The Hall–Kier alpha value is -1.48. The van der Waals surface area contributed by atoms with E-state index in [1.54, 1.807) is 0 Å². The first-order valence-corrected chi connectivity index (χ1v) is 4.90. The number of carbonyl (C=O) groups excluding carboxylic acids is 1. The van der Waals surface area contributed by atoms with Crippen molar-refractivity contribution in [3.8, 4) is 0 Å². The zero-order valence-electron chi connectivity index (χ0n) is 8.41. The van der Waals surface area contributed by atoms with E-state index in [0.29, 0.717) is 11.2 Å². The highest BCUT2D eigenvalue weighted by Crippen LogP contribution is 2.19. The van der Waals surface area contributed by atoms with E-state index in [9.17, 15) is 4.79 Å². The van der Waals surface area contributed by atoms with E-state index in [0.717, 1.165) is 10.9 Å². The van der Waals surface area contributed by atoms with E-state index in [4.69, 9.17) is 11.6 Å². The molecule has 3 nitrogen and oxygen atoms in total. The number of aryl methyl sites for hydroxylation is 1.